The zero-order valence-corrected chi connectivity index (χ0v) is 16.2. The molecule has 1 N–H and O–H groups in total. The van der Waals surface area contributed by atoms with Crippen LogP contribution in [0.25, 0.3) is 0 Å². The number of hydrazone groups is 1. The molecule has 1 aliphatic rings. The monoisotopic (exact) mass is 406 g/mol. The number of oxime groups is 1. The topological polar surface area (TPSA) is 58.5 Å². The number of nitrogens with zero attached hydrogens (tertiary/aromatic N) is 3. The van der Waals surface area contributed by atoms with Crippen molar-refractivity contribution in [1.29, 1.82) is 0 Å². The second-order valence-electron chi connectivity index (χ2n) is 6.46. The molecule has 154 valence electrons. The van der Waals surface area contributed by atoms with Crippen molar-refractivity contribution < 1.29 is 22.7 Å². The number of nitrogens with one attached hydrogen (secondary N) is 1. The summed E-state index contributed by atoms with van der Waals surface area (Å²) in [5, 5.41) is 9.80. The van der Waals surface area contributed by atoms with E-state index in [2.05, 4.69) is 15.7 Å². The summed E-state index contributed by atoms with van der Waals surface area (Å²) in [7, 11) is 3.31. The van der Waals surface area contributed by atoms with Gasteiger partial charge < -0.3 is 9.57 Å². The van der Waals surface area contributed by atoms with Gasteiger partial charge in [-0.1, -0.05) is 41.6 Å². The highest BCUT2D eigenvalue weighted by atomic mass is 19.4. The molecular weight excluding hydrogens is 385 g/mol. The van der Waals surface area contributed by atoms with E-state index in [4.69, 9.17) is 9.57 Å². The Balaban J connectivity index is 1.74. The van der Waals surface area contributed by atoms with Crippen molar-refractivity contribution in [2.75, 3.05) is 14.2 Å². The summed E-state index contributed by atoms with van der Waals surface area (Å²) in [6.07, 6.45) is -4.40. The molecule has 29 heavy (non-hydrogen) atoms. The lowest BCUT2D eigenvalue weighted by Gasteiger charge is -2.17. The van der Waals surface area contributed by atoms with E-state index in [0.717, 1.165) is 23.3 Å². The fourth-order valence-electron chi connectivity index (χ4n) is 2.96. The number of ether oxygens (including phenoxy) is 1. The molecule has 2 aromatic carbocycles. The first kappa shape index (κ1) is 20.7. The average molecular weight is 406 g/mol. The van der Waals surface area contributed by atoms with Crippen LogP contribution in [-0.2, 0) is 22.4 Å². The molecule has 0 amide bonds. The number of rotatable bonds is 5. The number of halogens is 3. The third-order valence-corrected chi connectivity index (χ3v) is 4.42. The molecule has 1 unspecified atom stereocenters. The molecule has 0 spiro atoms. The molecule has 0 saturated carbocycles. The van der Waals surface area contributed by atoms with Gasteiger partial charge in [-0.15, -0.1) is 5.10 Å². The molecule has 1 heterocycles. The van der Waals surface area contributed by atoms with Crippen LogP contribution in [0.1, 0.15) is 35.2 Å². The van der Waals surface area contributed by atoms with E-state index in [-0.39, 0.29) is 12.6 Å². The molecule has 0 aromatic heterocycles. The number of hydrazine groups is 1. The summed E-state index contributed by atoms with van der Waals surface area (Å²) in [5.41, 5.74) is 4.90. The van der Waals surface area contributed by atoms with E-state index in [1.807, 2.05) is 24.3 Å². The molecule has 2 aromatic rings. The Kier molecular flexibility index (Phi) is 6.07. The first-order valence-corrected chi connectivity index (χ1v) is 8.84. The largest absolute Gasteiger partial charge is 0.482 e. The maximum Gasteiger partial charge on any atom is 0.416 e. The smallest absolute Gasteiger partial charge is 0.416 e. The minimum Gasteiger partial charge on any atom is -0.482 e. The van der Waals surface area contributed by atoms with Crippen molar-refractivity contribution in [2.24, 2.45) is 10.3 Å². The molecule has 1 aliphatic heterocycles. The van der Waals surface area contributed by atoms with Crippen LogP contribution in [0.15, 0.2) is 58.8 Å². The Morgan fingerprint density at radius 3 is 2.69 bits per heavy atom. The fourth-order valence-corrected chi connectivity index (χ4v) is 2.96. The molecule has 9 heteroatoms. The molecule has 0 radical (unpaired) electrons. The van der Waals surface area contributed by atoms with Crippen LogP contribution in [0, 0.1) is 0 Å². The SMILES string of the molecule is COC1=NN(C)NC1c1ccccc1CON=C(C)c1cccc(C(F)(F)F)c1. The number of hydrogen-bond donors (Lipinski definition) is 1. The van der Waals surface area contributed by atoms with Gasteiger partial charge in [-0.05, 0) is 35.7 Å². The van der Waals surface area contributed by atoms with E-state index in [1.54, 1.807) is 32.3 Å². The van der Waals surface area contributed by atoms with Crippen LogP contribution >= 0.6 is 0 Å². The van der Waals surface area contributed by atoms with Crippen molar-refractivity contribution in [3.05, 3.63) is 70.8 Å². The predicted molar refractivity (Wildman–Crippen MR) is 103 cm³/mol. The van der Waals surface area contributed by atoms with Gasteiger partial charge in [0.25, 0.3) is 0 Å². The van der Waals surface area contributed by atoms with E-state index in [9.17, 15) is 13.2 Å². The van der Waals surface area contributed by atoms with Gasteiger partial charge in [0.1, 0.15) is 12.6 Å². The zero-order chi connectivity index (χ0) is 21.0. The Hall–Kier alpha value is -3.07. The normalized spacial score (nSPS) is 17.3. The highest BCUT2D eigenvalue weighted by molar-refractivity contribution is 5.98. The van der Waals surface area contributed by atoms with Gasteiger partial charge in [-0.25, -0.2) is 10.5 Å². The molecular formula is C20H21F3N4O2. The summed E-state index contributed by atoms with van der Waals surface area (Å²) in [6, 6.07) is 12.3. The molecule has 0 bridgehead atoms. The van der Waals surface area contributed by atoms with Gasteiger partial charge in [0.2, 0.25) is 5.90 Å². The standard InChI is InChI=1S/C20H21F3N4O2/c1-13(14-8-6-9-16(11-14)20(21,22)23)26-29-12-15-7-4-5-10-17(15)18-19(28-3)25-27(2)24-18/h4-11,18,24H,12H2,1-3H3. The van der Waals surface area contributed by atoms with Gasteiger partial charge in [-0.3, -0.25) is 0 Å². The third-order valence-electron chi connectivity index (χ3n) is 4.42. The maximum atomic E-state index is 12.9. The summed E-state index contributed by atoms with van der Waals surface area (Å²) in [5.74, 6) is 0.517. The maximum absolute atomic E-state index is 12.9. The van der Waals surface area contributed by atoms with E-state index in [1.165, 1.54) is 6.07 Å². The van der Waals surface area contributed by atoms with E-state index < -0.39 is 11.7 Å². The number of hydrogen-bond acceptors (Lipinski definition) is 6. The van der Waals surface area contributed by atoms with Gasteiger partial charge in [0, 0.05) is 7.05 Å². The van der Waals surface area contributed by atoms with Crippen molar-refractivity contribution in [3.8, 4) is 0 Å². The van der Waals surface area contributed by atoms with Crippen molar-refractivity contribution in [1.82, 2.24) is 10.5 Å². The van der Waals surface area contributed by atoms with E-state index >= 15 is 0 Å². The number of benzene rings is 2. The molecule has 0 fully saturated rings. The molecule has 3 rings (SSSR count). The predicted octanol–water partition coefficient (Wildman–Crippen LogP) is 4.10. The Morgan fingerprint density at radius 2 is 1.97 bits per heavy atom. The van der Waals surface area contributed by atoms with Crippen molar-refractivity contribution >= 4 is 11.6 Å². The lowest BCUT2D eigenvalue weighted by Crippen LogP contribution is -2.30. The van der Waals surface area contributed by atoms with Crippen LogP contribution in [-0.4, -0.2) is 30.9 Å². The van der Waals surface area contributed by atoms with Gasteiger partial charge in [-0.2, -0.15) is 13.2 Å². The average Bonchev–Trinajstić information content (AvgIpc) is 3.08. The second-order valence-corrected chi connectivity index (χ2v) is 6.46. The molecule has 0 aliphatic carbocycles. The summed E-state index contributed by atoms with van der Waals surface area (Å²) >= 11 is 0. The first-order valence-electron chi connectivity index (χ1n) is 8.84. The number of methoxy groups -OCH3 is 1. The minimum absolute atomic E-state index is 0.144. The lowest BCUT2D eigenvalue weighted by atomic mass is 10.0. The van der Waals surface area contributed by atoms with Crippen LogP contribution in [0.3, 0.4) is 0 Å². The van der Waals surface area contributed by atoms with Gasteiger partial charge in [0.05, 0.1) is 18.4 Å². The van der Waals surface area contributed by atoms with Crippen LogP contribution in [0.5, 0.6) is 0 Å². The Bertz CT molecular complexity index is 928. The quantitative estimate of drug-likeness (QED) is 0.600. The highest BCUT2D eigenvalue weighted by Crippen LogP contribution is 2.29. The van der Waals surface area contributed by atoms with Gasteiger partial charge in [0.15, 0.2) is 0 Å². The summed E-state index contributed by atoms with van der Waals surface area (Å²) in [4.78, 5) is 5.44. The van der Waals surface area contributed by atoms with Crippen molar-refractivity contribution in [2.45, 2.75) is 25.7 Å². The Labute approximate surface area is 166 Å². The van der Waals surface area contributed by atoms with Crippen LogP contribution in [0.2, 0.25) is 0 Å². The third kappa shape index (κ3) is 4.86. The molecule has 1 atom stereocenters. The molecule has 0 saturated heterocycles. The summed E-state index contributed by atoms with van der Waals surface area (Å²) in [6.45, 7) is 1.75. The zero-order valence-electron chi connectivity index (χ0n) is 16.2. The highest BCUT2D eigenvalue weighted by Gasteiger charge is 2.31. The van der Waals surface area contributed by atoms with Crippen molar-refractivity contribution in [3.63, 3.8) is 0 Å². The number of alkyl halides is 3. The van der Waals surface area contributed by atoms with Crippen LogP contribution < -0.4 is 5.43 Å². The van der Waals surface area contributed by atoms with Crippen LogP contribution in [0.4, 0.5) is 13.2 Å². The minimum atomic E-state index is -4.40. The first-order chi connectivity index (χ1) is 13.8. The Morgan fingerprint density at radius 1 is 1.21 bits per heavy atom. The van der Waals surface area contributed by atoms with Gasteiger partial charge >= 0.3 is 6.18 Å². The summed E-state index contributed by atoms with van der Waals surface area (Å²) < 4.78 is 44.0. The fraction of sp³-hybridized carbons (Fsp3) is 0.300. The van der Waals surface area contributed by atoms with E-state index in [0.29, 0.717) is 17.2 Å². The lowest BCUT2D eigenvalue weighted by molar-refractivity contribution is -0.137. The molecule has 6 nitrogen and oxygen atoms in total. The second kappa shape index (κ2) is 8.52.